The number of ether oxygens (including phenoxy) is 1. The fourth-order valence-electron chi connectivity index (χ4n) is 14.3. The minimum Gasteiger partial charge on any atom is -0.457 e. The van der Waals surface area contributed by atoms with Gasteiger partial charge in [-0.3, -0.25) is 4.57 Å². The van der Waals surface area contributed by atoms with Crippen molar-refractivity contribution in [2.45, 2.75) is 78.7 Å². The summed E-state index contributed by atoms with van der Waals surface area (Å²) in [5.41, 5.74) is 11.5. The van der Waals surface area contributed by atoms with Crippen LogP contribution >= 0.6 is 0 Å². The van der Waals surface area contributed by atoms with Crippen molar-refractivity contribution in [1.82, 2.24) is 14.1 Å². The van der Waals surface area contributed by atoms with E-state index in [9.17, 15) is 0 Å². The van der Waals surface area contributed by atoms with Gasteiger partial charge in [-0.2, -0.15) is 0 Å². The minimum absolute atomic E-state index is 0.0408. The maximum absolute atomic E-state index is 7.26. The molecule has 0 aliphatic carbocycles. The van der Waals surface area contributed by atoms with E-state index >= 15 is 0 Å². The minimum atomic E-state index is -3.00. The molecule has 14 aromatic rings. The molecule has 0 atom stereocenters. The van der Waals surface area contributed by atoms with Gasteiger partial charge in [0.15, 0.2) is 8.07 Å². The van der Waals surface area contributed by atoms with Gasteiger partial charge in [0.05, 0.1) is 35.8 Å². The first-order valence-electron chi connectivity index (χ1n) is 31.7. The number of hydrogen-bond acceptors (Lipinski definition) is 3. The number of fused-ring (bicyclic) bond motifs is 10. The largest absolute Gasteiger partial charge is 0.457 e. The normalized spacial score (nSPS) is 12.9. The molecule has 5 nitrogen and oxygen atoms in total. The zero-order valence-electron chi connectivity index (χ0n) is 52.9. The van der Waals surface area contributed by atoms with Gasteiger partial charge in [0.1, 0.15) is 24.0 Å². The van der Waals surface area contributed by atoms with Gasteiger partial charge in [-0.1, -0.05) is 273 Å². The molecular formula is C83H74N4OSi2. The zero-order valence-corrected chi connectivity index (χ0v) is 54.9. The van der Waals surface area contributed by atoms with Gasteiger partial charge in [-0.05, 0) is 118 Å². The highest BCUT2D eigenvalue weighted by atomic mass is 28.3. The van der Waals surface area contributed by atoms with E-state index in [1.807, 2.05) is 6.20 Å². The number of benzene rings is 11. The van der Waals surface area contributed by atoms with E-state index in [4.69, 9.17) is 9.72 Å². The first-order valence-corrected chi connectivity index (χ1v) is 37.2. The molecule has 11 aromatic carbocycles. The van der Waals surface area contributed by atoms with E-state index in [0.717, 1.165) is 45.1 Å². The number of aromatic nitrogens is 3. The van der Waals surface area contributed by atoms with Crippen LogP contribution in [-0.4, -0.2) is 30.3 Å². The third kappa shape index (κ3) is 9.61. The van der Waals surface area contributed by atoms with Crippen molar-refractivity contribution in [2.24, 2.45) is 0 Å². The van der Waals surface area contributed by atoms with Crippen LogP contribution in [0.3, 0.4) is 0 Å². The SMILES string of the molecule is CC(C)(C)c1cc(-c2cccc3c4ccccc4c4ccccc4c4cccc5c4n(c23)CN5c2cc(Oc3ccc4c5ccccc5n(-c5cc(C(C)(C)C)ccn5)c4c3)cc([Si](C)(C)C)c2)cc([Si](c2ccccc2)(c2ccccc2)c2ccccc2)c1. The van der Waals surface area contributed by atoms with Crippen molar-refractivity contribution >= 4 is 119 Å². The van der Waals surface area contributed by atoms with E-state index in [1.54, 1.807) is 0 Å². The second kappa shape index (κ2) is 21.8. The molecular weight excluding hydrogens is 1130 g/mol. The topological polar surface area (TPSA) is 35.2 Å². The van der Waals surface area contributed by atoms with E-state index in [1.165, 1.54) is 96.9 Å². The molecule has 0 saturated heterocycles. The smallest absolute Gasteiger partial charge is 0.179 e. The molecule has 0 fully saturated rings. The van der Waals surface area contributed by atoms with Crippen LogP contribution in [0, 0.1) is 0 Å². The lowest BCUT2D eigenvalue weighted by atomic mass is 9.85. The monoisotopic (exact) mass is 1200 g/mol. The molecule has 0 unspecified atom stereocenters. The predicted octanol–water partition coefficient (Wildman–Crippen LogP) is 18.8. The fourth-order valence-corrected chi connectivity index (χ4v) is 20.2. The third-order valence-electron chi connectivity index (χ3n) is 18.8. The number of anilines is 2. The molecule has 0 bridgehead atoms. The van der Waals surface area contributed by atoms with Gasteiger partial charge in [-0.25, -0.2) is 4.98 Å². The van der Waals surface area contributed by atoms with Crippen LogP contribution in [0.4, 0.5) is 11.4 Å². The van der Waals surface area contributed by atoms with Crippen molar-refractivity contribution < 1.29 is 4.74 Å². The Hall–Kier alpha value is -9.80. The number of pyridine rings is 1. The lowest BCUT2D eigenvalue weighted by Gasteiger charge is -2.36. The molecule has 1 aliphatic heterocycles. The molecule has 0 radical (unpaired) electrons. The number of nitrogens with zero attached hydrogens (tertiary/aromatic N) is 4. The summed E-state index contributed by atoms with van der Waals surface area (Å²) in [4.78, 5) is 7.55. The molecule has 0 saturated carbocycles. The van der Waals surface area contributed by atoms with Crippen LogP contribution < -0.4 is 35.6 Å². The summed E-state index contributed by atoms with van der Waals surface area (Å²) < 4.78 is 12.2. The van der Waals surface area contributed by atoms with E-state index in [2.05, 4.69) is 342 Å². The summed E-state index contributed by atoms with van der Waals surface area (Å²) >= 11 is 0. The molecule has 7 heteroatoms. The van der Waals surface area contributed by atoms with E-state index in [0.29, 0.717) is 6.67 Å². The Kier molecular flexibility index (Phi) is 13.7. The summed E-state index contributed by atoms with van der Waals surface area (Å²) in [5, 5.41) is 16.3. The molecule has 90 heavy (non-hydrogen) atoms. The molecule has 0 spiro atoms. The van der Waals surface area contributed by atoms with Crippen molar-refractivity contribution in [3.8, 4) is 28.4 Å². The maximum atomic E-state index is 7.26. The Morgan fingerprint density at radius 2 is 0.922 bits per heavy atom. The summed E-state index contributed by atoms with van der Waals surface area (Å²) in [6, 6.07) is 100. The molecule has 440 valence electrons. The Morgan fingerprint density at radius 1 is 0.389 bits per heavy atom. The van der Waals surface area contributed by atoms with Gasteiger partial charge in [0.2, 0.25) is 0 Å². The summed E-state index contributed by atoms with van der Waals surface area (Å²) in [5.74, 6) is 2.48. The standard InChI is InChI=1S/C83H74N4OSi2/c1-82(2,3)57-45-46-84-79(50-57)87-76-41-24-23-37-72(76)73-44-43-60(54-78(73)87)88-61-51-59(52-65(53-61)89(7,8)9)85-55-86-80-67(38-25-39-74(80)70-35-21-19-33-68(70)69-34-20-22-36-71(69)75-40-26-42-77(85)81(75)86)56-47-58(83(4,5)6)49-66(48-56)90(62-27-13-10-14-28-62,63-29-15-11-16-30-63)64-31-17-12-18-32-64/h10-54H,55H2,1-9H3. The first-order chi connectivity index (χ1) is 43.5. The summed E-state index contributed by atoms with van der Waals surface area (Å²) in [6.45, 7) is 21.8. The third-order valence-corrected chi connectivity index (χ3v) is 25.6. The van der Waals surface area contributed by atoms with Crippen LogP contribution in [0.5, 0.6) is 11.5 Å². The Morgan fingerprint density at radius 3 is 1.52 bits per heavy atom. The second-order valence-corrected chi connectivity index (χ2v) is 36.5. The van der Waals surface area contributed by atoms with Gasteiger partial charge < -0.3 is 14.2 Å². The van der Waals surface area contributed by atoms with Crippen LogP contribution in [0.25, 0.3) is 82.1 Å². The molecule has 15 rings (SSSR count). The lowest BCUT2D eigenvalue weighted by Crippen LogP contribution is -2.74. The van der Waals surface area contributed by atoms with Crippen molar-refractivity contribution in [3.63, 3.8) is 0 Å². The van der Waals surface area contributed by atoms with Gasteiger partial charge in [0.25, 0.3) is 0 Å². The van der Waals surface area contributed by atoms with Crippen LogP contribution in [-0.2, 0) is 17.5 Å². The zero-order chi connectivity index (χ0) is 61.7. The fraction of sp³-hybridized carbons (Fsp3) is 0.145. The summed E-state index contributed by atoms with van der Waals surface area (Å²) in [6.07, 6.45) is 1.95. The van der Waals surface area contributed by atoms with Crippen molar-refractivity contribution in [1.29, 1.82) is 0 Å². The van der Waals surface area contributed by atoms with Gasteiger partial charge >= 0.3 is 0 Å². The molecule has 0 amide bonds. The Labute approximate surface area is 530 Å². The van der Waals surface area contributed by atoms with Crippen LogP contribution in [0.15, 0.2) is 273 Å². The Balaban J connectivity index is 0.981. The predicted molar refractivity (Wildman–Crippen MR) is 389 cm³/mol. The molecule has 1 aliphatic rings. The van der Waals surface area contributed by atoms with Gasteiger partial charge in [0, 0.05) is 51.1 Å². The van der Waals surface area contributed by atoms with E-state index < -0.39 is 16.1 Å². The number of hydrogen-bond donors (Lipinski definition) is 0. The average Bonchev–Trinajstić information content (AvgIpc) is 1.68. The van der Waals surface area contributed by atoms with Crippen molar-refractivity contribution in [2.75, 3.05) is 4.90 Å². The molecule has 4 heterocycles. The highest BCUT2D eigenvalue weighted by Crippen LogP contribution is 2.46. The quantitative estimate of drug-likeness (QED) is 0.101. The molecule has 0 N–H and O–H groups in total. The number of rotatable bonds is 10. The van der Waals surface area contributed by atoms with E-state index in [-0.39, 0.29) is 10.8 Å². The second-order valence-electron chi connectivity index (χ2n) is 27.6. The maximum Gasteiger partial charge on any atom is 0.179 e. The number of para-hydroxylation sites is 3. The lowest BCUT2D eigenvalue weighted by molar-refractivity contribution is 0.483. The Bertz CT molecular complexity index is 5100. The molecule has 3 aromatic heterocycles. The highest BCUT2D eigenvalue weighted by Gasteiger charge is 2.42. The van der Waals surface area contributed by atoms with Crippen LogP contribution in [0.1, 0.15) is 52.7 Å². The first kappa shape index (κ1) is 56.7. The highest BCUT2D eigenvalue weighted by molar-refractivity contribution is 7.20. The van der Waals surface area contributed by atoms with Gasteiger partial charge in [-0.15, -0.1) is 0 Å². The average molecular weight is 1200 g/mol. The summed E-state index contributed by atoms with van der Waals surface area (Å²) in [7, 11) is -4.99. The van der Waals surface area contributed by atoms with Crippen molar-refractivity contribution in [3.05, 3.63) is 284 Å². The van der Waals surface area contributed by atoms with Crippen LogP contribution in [0.2, 0.25) is 19.6 Å².